The van der Waals surface area contributed by atoms with Crippen molar-refractivity contribution >= 4 is 29.0 Å². The Labute approximate surface area is 183 Å². The zero-order chi connectivity index (χ0) is 22.9. The quantitative estimate of drug-likeness (QED) is 0.314. The van der Waals surface area contributed by atoms with E-state index in [9.17, 15) is 28.1 Å². The van der Waals surface area contributed by atoms with Gasteiger partial charge in [0, 0.05) is 17.3 Å². The predicted octanol–water partition coefficient (Wildman–Crippen LogP) is 4.33. The monoisotopic (exact) mass is 464 g/mol. The highest BCUT2D eigenvalue weighted by Gasteiger charge is 2.33. The van der Waals surface area contributed by atoms with Crippen LogP contribution in [-0.4, -0.2) is 36.8 Å². The zero-order valence-corrected chi connectivity index (χ0v) is 17.1. The number of amides is 1. The number of hydrogen-bond acceptors (Lipinski definition) is 7. The topological polar surface area (TPSA) is 116 Å². The van der Waals surface area contributed by atoms with Gasteiger partial charge < -0.3 is 5.32 Å². The Balaban J connectivity index is 1.39. The van der Waals surface area contributed by atoms with Crippen molar-refractivity contribution in [2.75, 3.05) is 11.1 Å². The van der Waals surface area contributed by atoms with Gasteiger partial charge in [-0.05, 0) is 59.7 Å². The van der Waals surface area contributed by atoms with Gasteiger partial charge in [0.25, 0.3) is 5.69 Å². The molecule has 1 fully saturated rings. The normalized spacial score (nSPS) is 13.7. The van der Waals surface area contributed by atoms with Crippen LogP contribution in [0.3, 0.4) is 0 Å². The largest absolute Gasteiger partial charge is 0.416 e. The maximum Gasteiger partial charge on any atom is 0.416 e. The molecule has 0 bridgehead atoms. The van der Waals surface area contributed by atoms with E-state index in [1.54, 1.807) is 28.9 Å². The molecule has 4 rings (SSSR count). The van der Waals surface area contributed by atoms with Crippen LogP contribution >= 0.6 is 11.8 Å². The number of tetrazole rings is 1. The summed E-state index contributed by atoms with van der Waals surface area (Å²) in [5.74, 6) is -0.0382. The highest BCUT2D eigenvalue weighted by molar-refractivity contribution is 8.00. The number of thioether (sulfide) groups is 1. The number of halogens is 3. The maximum atomic E-state index is 12.8. The Morgan fingerprint density at radius 1 is 1.22 bits per heavy atom. The van der Waals surface area contributed by atoms with Gasteiger partial charge in [-0.1, -0.05) is 0 Å². The summed E-state index contributed by atoms with van der Waals surface area (Å²) in [5.41, 5.74) is -0.539. The first-order chi connectivity index (χ1) is 15.2. The van der Waals surface area contributed by atoms with E-state index in [0.29, 0.717) is 23.6 Å². The fourth-order valence-corrected chi connectivity index (χ4v) is 3.75. The van der Waals surface area contributed by atoms with E-state index in [1.165, 1.54) is 0 Å². The Kier molecular flexibility index (Phi) is 5.82. The molecule has 0 saturated heterocycles. The van der Waals surface area contributed by atoms with Crippen LogP contribution < -0.4 is 5.32 Å². The minimum absolute atomic E-state index is 0.0274. The SMILES string of the molecule is O=C(CSc1ccc(C(F)(F)F)cc1[N+](=O)[O-])Nc1ccc(-c2nnnn2C2CC2)cc1. The third-order valence-electron chi connectivity index (χ3n) is 4.65. The van der Waals surface area contributed by atoms with Crippen molar-refractivity contribution in [2.45, 2.75) is 30.0 Å². The number of nitrogens with one attached hydrogen (secondary N) is 1. The van der Waals surface area contributed by atoms with Gasteiger partial charge >= 0.3 is 6.18 Å². The van der Waals surface area contributed by atoms with Gasteiger partial charge in [0.05, 0.1) is 27.2 Å². The average Bonchev–Trinajstić information content (AvgIpc) is 3.48. The number of nitro benzene ring substituents is 1. The zero-order valence-electron chi connectivity index (χ0n) is 16.2. The number of carbonyl (C=O) groups excluding carboxylic acids is 1. The lowest BCUT2D eigenvalue weighted by atomic mass is 10.2. The smallest absolute Gasteiger partial charge is 0.325 e. The summed E-state index contributed by atoms with van der Waals surface area (Å²) in [6.45, 7) is 0. The molecule has 1 saturated carbocycles. The molecule has 1 heterocycles. The van der Waals surface area contributed by atoms with Crippen LogP contribution in [0.5, 0.6) is 0 Å². The molecular formula is C19H15F3N6O3S. The van der Waals surface area contributed by atoms with Crippen LogP contribution in [0.2, 0.25) is 0 Å². The van der Waals surface area contributed by atoms with Gasteiger partial charge in [0.15, 0.2) is 5.82 Å². The van der Waals surface area contributed by atoms with Gasteiger partial charge in [-0.2, -0.15) is 13.2 Å². The molecule has 1 aromatic heterocycles. The third kappa shape index (κ3) is 4.88. The number of carbonyl (C=O) groups is 1. The fourth-order valence-electron chi connectivity index (χ4n) is 2.95. The Hall–Kier alpha value is -3.48. The molecular weight excluding hydrogens is 449 g/mol. The van der Waals surface area contributed by atoms with Gasteiger partial charge in [-0.15, -0.1) is 16.9 Å². The Morgan fingerprint density at radius 3 is 2.56 bits per heavy atom. The van der Waals surface area contributed by atoms with Crippen LogP contribution in [0, 0.1) is 10.1 Å². The lowest BCUT2D eigenvalue weighted by molar-refractivity contribution is -0.388. The van der Waals surface area contributed by atoms with Gasteiger partial charge in [0.2, 0.25) is 5.91 Å². The van der Waals surface area contributed by atoms with Crippen molar-refractivity contribution < 1.29 is 22.9 Å². The number of benzene rings is 2. The number of aromatic nitrogens is 4. The summed E-state index contributed by atoms with van der Waals surface area (Å²) in [6.07, 6.45) is -2.64. The molecule has 0 atom stereocenters. The van der Waals surface area contributed by atoms with Gasteiger partial charge in [-0.25, -0.2) is 4.68 Å². The second kappa shape index (κ2) is 8.57. The number of nitrogens with zero attached hydrogens (tertiary/aromatic N) is 5. The lowest BCUT2D eigenvalue weighted by Gasteiger charge is -2.09. The van der Waals surface area contributed by atoms with Gasteiger partial charge in [-0.3, -0.25) is 14.9 Å². The van der Waals surface area contributed by atoms with Crippen LogP contribution in [0.1, 0.15) is 24.4 Å². The number of alkyl halides is 3. The van der Waals surface area contributed by atoms with E-state index in [0.717, 1.165) is 42.3 Å². The molecule has 0 radical (unpaired) electrons. The van der Waals surface area contributed by atoms with E-state index in [-0.39, 0.29) is 10.6 Å². The van der Waals surface area contributed by atoms with Gasteiger partial charge in [0.1, 0.15) is 0 Å². The second-order valence-electron chi connectivity index (χ2n) is 7.03. The second-order valence-corrected chi connectivity index (χ2v) is 8.05. The Bertz CT molecular complexity index is 1160. The van der Waals surface area contributed by atoms with Crippen molar-refractivity contribution in [2.24, 2.45) is 0 Å². The minimum Gasteiger partial charge on any atom is -0.325 e. The number of nitro groups is 1. The molecule has 0 spiro atoms. The maximum absolute atomic E-state index is 12.8. The summed E-state index contributed by atoms with van der Waals surface area (Å²) >= 11 is 0.784. The summed E-state index contributed by atoms with van der Waals surface area (Å²) in [7, 11) is 0. The molecule has 0 unspecified atom stereocenters. The van der Waals surface area contributed by atoms with Crippen molar-refractivity contribution in [3.8, 4) is 11.4 Å². The molecule has 9 nitrogen and oxygen atoms in total. The van der Waals surface area contributed by atoms with Crippen LogP contribution in [-0.2, 0) is 11.0 Å². The highest BCUT2D eigenvalue weighted by Crippen LogP contribution is 2.37. The van der Waals surface area contributed by atoms with Crippen LogP contribution in [0.4, 0.5) is 24.5 Å². The molecule has 0 aliphatic heterocycles. The van der Waals surface area contributed by atoms with Crippen molar-refractivity contribution in [3.05, 3.63) is 58.1 Å². The van der Waals surface area contributed by atoms with Crippen molar-refractivity contribution in [3.63, 3.8) is 0 Å². The molecule has 2 aromatic carbocycles. The van der Waals surface area contributed by atoms with Crippen molar-refractivity contribution in [1.82, 2.24) is 20.2 Å². The van der Waals surface area contributed by atoms with E-state index in [1.807, 2.05) is 0 Å². The fraction of sp³-hybridized carbons (Fsp3) is 0.263. The molecule has 13 heteroatoms. The van der Waals surface area contributed by atoms with Crippen molar-refractivity contribution in [1.29, 1.82) is 0 Å². The summed E-state index contributed by atoms with van der Waals surface area (Å²) in [4.78, 5) is 22.5. The molecule has 1 N–H and O–H groups in total. The lowest BCUT2D eigenvalue weighted by Crippen LogP contribution is -2.14. The third-order valence-corrected chi connectivity index (χ3v) is 5.72. The Morgan fingerprint density at radius 2 is 1.94 bits per heavy atom. The first-order valence-corrected chi connectivity index (χ1v) is 10.4. The number of rotatable bonds is 7. The molecule has 32 heavy (non-hydrogen) atoms. The molecule has 1 aliphatic carbocycles. The number of anilines is 1. The predicted molar refractivity (Wildman–Crippen MR) is 109 cm³/mol. The molecule has 1 aliphatic rings. The summed E-state index contributed by atoms with van der Waals surface area (Å²) in [6, 6.07) is 9.38. The highest BCUT2D eigenvalue weighted by atomic mass is 32.2. The molecule has 3 aromatic rings. The minimum atomic E-state index is -4.70. The number of hydrogen-bond donors (Lipinski definition) is 1. The summed E-state index contributed by atoms with van der Waals surface area (Å²) in [5, 5.41) is 25.5. The van der Waals surface area contributed by atoms with E-state index in [2.05, 4.69) is 20.8 Å². The van der Waals surface area contributed by atoms with Crippen LogP contribution in [0.25, 0.3) is 11.4 Å². The van der Waals surface area contributed by atoms with E-state index < -0.39 is 28.3 Å². The van der Waals surface area contributed by atoms with Crippen LogP contribution in [0.15, 0.2) is 47.4 Å². The standard InChI is InChI=1S/C19H15F3N6O3S/c20-19(21,22)12-3-8-16(15(9-12)28(30)31)32-10-17(29)23-13-4-1-11(2-5-13)18-24-25-26-27(18)14-6-7-14/h1-5,8-9,14H,6-7,10H2,(H,23,29). The van der Waals surface area contributed by atoms with E-state index >= 15 is 0 Å². The molecule has 166 valence electrons. The molecule has 1 amide bonds. The van der Waals surface area contributed by atoms with E-state index in [4.69, 9.17) is 0 Å². The average molecular weight is 464 g/mol. The first kappa shape index (κ1) is 21.7. The first-order valence-electron chi connectivity index (χ1n) is 9.39. The summed E-state index contributed by atoms with van der Waals surface area (Å²) < 4.78 is 40.2.